The third-order valence-electron chi connectivity index (χ3n) is 5.37. The van der Waals surface area contributed by atoms with Crippen LogP contribution in [0.25, 0.3) is 0 Å². The number of hydrogen-bond acceptors (Lipinski definition) is 4. The van der Waals surface area contributed by atoms with Gasteiger partial charge in [0.15, 0.2) is 5.25 Å². The summed E-state index contributed by atoms with van der Waals surface area (Å²) in [6.45, 7) is 0.164. The smallest absolute Gasteiger partial charge is 0.497 e. The summed E-state index contributed by atoms with van der Waals surface area (Å²) < 4.78 is 20.6. The van der Waals surface area contributed by atoms with Crippen molar-refractivity contribution in [3.05, 3.63) is 89.7 Å². The minimum absolute atomic E-state index is 0.164. The second-order valence-corrected chi connectivity index (χ2v) is 8.40. The monoisotopic (exact) mass is 433 g/mol. The molecule has 2 heterocycles. The predicted octanol–water partition coefficient (Wildman–Crippen LogP) is 4.48. The van der Waals surface area contributed by atoms with Crippen molar-refractivity contribution in [1.29, 1.82) is 0 Å². The number of benzene rings is 3. The molecule has 2 aliphatic heterocycles. The second kappa shape index (κ2) is 7.67. The largest absolute Gasteiger partial charge is 0.506 e. The normalized spacial score (nSPS) is 17.6. The molecule has 1 atom stereocenters. The molecule has 5 nitrogen and oxygen atoms in total. The number of imide groups is 1. The van der Waals surface area contributed by atoms with Crippen LogP contribution in [0.15, 0.2) is 77.7 Å². The number of halogens is 1. The minimum atomic E-state index is -0.550. The fourth-order valence-electron chi connectivity index (χ4n) is 3.93. The molecule has 3 aromatic rings. The average molecular weight is 433 g/mol. The van der Waals surface area contributed by atoms with Gasteiger partial charge in [0.25, 0.3) is 0 Å². The highest BCUT2D eigenvalue weighted by Crippen LogP contribution is 2.41. The molecule has 3 amide bonds. The summed E-state index contributed by atoms with van der Waals surface area (Å²) in [5.41, 5.74) is 2.64. The maximum Gasteiger partial charge on any atom is 0.506 e. The molecule has 0 spiro atoms. The topological polar surface area (TPSA) is 49.6 Å². The van der Waals surface area contributed by atoms with Crippen molar-refractivity contribution in [3.8, 4) is 5.75 Å². The van der Waals surface area contributed by atoms with Gasteiger partial charge in [0.2, 0.25) is 0 Å². The van der Waals surface area contributed by atoms with E-state index in [0.717, 1.165) is 10.5 Å². The minimum Gasteiger partial charge on any atom is -0.497 e. The van der Waals surface area contributed by atoms with Crippen molar-refractivity contribution < 1.29 is 23.3 Å². The average Bonchev–Trinajstić information content (AvgIpc) is 3.17. The van der Waals surface area contributed by atoms with Crippen LogP contribution in [0, 0.1) is 5.82 Å². The number of hydrogen-bond donors (Lipinski definition) is 0. The first-order valence-electron chi connectivity index (χ1n) is 9.73. The predicted molar refractivity (Wildman–Crippen MR) is 116 cm³/mol. The van der Waals surface area contributed by atoms with Gasteiger partial charge in [-0.15, -0.1) is 16.7 Å². The van der Waals surface area contributed by atoms with Crippen molar-refractivity contribution in [3.63, 3.8) is 0 Å². The van der Waals surface area contributed by atoms with Gasteiger partial charge in [0.1, 0.15) is 29.5 Å². The lowest BCUT2D eigenvalue weighted by Gasteiger charge is -2.24. The number of nitrogens with zero attached hydrogens (tertiary/aromatic N) is 2. The first-order chi connectivity index (χ1) is 15.1. The highest BCUT2D eigenvalue weighted by Gasteiger charge is 2.53. The molecule has 3 aromatic carbocycles. The van der Waals surface area contributed by atoms with Crippen molar-refractivity contribution in [2.45, 2.75) is 16.7 Å². The summed E-state index contributed by atoms with van der Waals surface area (Å²) in [7, 11) is 1.56. The zero-order valence-corrected chi connectivity index (χ0v) is 17.4. The summed E-state index contributed by atoms with van der Waals surface area (Å²) in [4.78, 5) is 29.2. The summed E-state index contributed by atoms with van der Waals surface area (Å²) in [6.07, 6.45) is 0. The van der Waals surface area contributed by atoms with Crippen LogP contribution in [0.3, 0.4) is 0 Å². The fraction of sp³-hybridized carbons (Fsp3) is 0.125. The molecule has 5 rings (SSSR count). The van der Waals surface area contributed by atoms with E-state index in [1.54, 1.807) is 48.1 Å². The van der Waals surface area contributed by atoms with Crippen LogP contribution in [0.1, 0.15) is 11.1 Å². The van der Waals surface area contributed by atoms with E-state index < -0.39 is 11.3 Å². The van der Waals surface area contributed by atoms with Gasteiger partial charge in [-0.3, -0.25) is 0 Å². The maximum absolute atomic E-state index is 13.8. The number of anilines is 1. The number of urea groups is 1. The number of carbonyl (C=O) groups excluding carboxylic acids is 2. The molecule has 0 fully saturated rings. The number of ether oxygens (including phenoxy) is 1. The Hall–Kier alpha value is -3.45. The molecule has 7 heteroatoms. The fourth-order valence-corrected chi connectivity index (χ4v) is 5.22. The molecular formula is C24H18FN2O3S+. The van der Waals surface area contributed by atoms with Crippen molar-refractivity contribution in [1.82, 2.24) is 0 Å². The molecule has 0 aromatic heterocycles. The van der Waals surface area contributed by atoms with Crippen LogP contribution >= 0.6 is 11.8 Å². The first kappa shape index (κ1) is 19.5. The van der Waals surface area contributed by atoms with Crippen LogP contribution in [-0.4, -0.2) is 34.6 Å². The lowest BCUT2D eigenvalue weighted by atomic mass is 10.0. The van der Waals surface area contributed by atoms with E-state index in [1.807, 2.05) is 24.3 Å². The molecule has 0 saturated heterocycles. The van der Waals surface area contributed by atoms with Gasteiger partial charge in [0, 0.05) is 10.5 Å². The van der Waals surface area contributed by atoms with E-state index >= 15 is 0 Å². The summed E-state index contributed by atoms with van der Waals surface area (Å²) >= 11 is 1.43. The SMILES string of the molecule is COc1ccc(N2C(=O)C3Sc4ccccc4C3=[N+](Cc3cccc(F)c3)C2=O)cc1. The van der Waals surface area contributed by atoms with Crippen LogP contribution in [0.5, 0.6) is 5.75 Å². The van der Waals surface area contributed by atoms with E-state index in [2.05, 4.69) is 0 Å². The Bertz CT molecular complexity index is 1240. The lowest BCUT2D eigenvalue weighted by Crippen LogP contribution is -2.55. The van der Waals surface area contributed by atoms with Gasteiger partial charge in [-0.2, -0.15) is 9.37 Å². The van der Waals surface area contributed by atoms with Gasteiger partial charge >= 0.3 is 11.9 Å². The number of fused-ring (bicyclic) bond motifs is 3. The molecule has 0 saturated carbocycles. The summed E-state index contributed by atoms with van der Waals surface area (Å²) in [5, 5.41) is -0.550. The Morgan fingerprint density at radius 1 is 1.03 bits per heavy atom. The van der Waals surface area contributed by atoms with E-state index in [0.29, 0.717) is 22.7 Å². The Morgan fingerprint density at radius 2 is 1.81 bits per heavy atom. The number of amides is 3. The number of methoxy groups -OCH3 is 1. The van der Waals surface area contributed by atoms with Crippen LogP contribution in [0.2, 0.25) is 0 Å². The van der Waals surface area contributed by atoms with E-state index in [4.69, 9.17) is 4.74 Å². The Morgan fingerprint density at radius 3 is 2.55 bits per heavy atom. The van der Waals surface area contributed by atoms with Crippen molar-refractivity contribution in [2.24, 2.45) is 0 Å². The molecule has 0 aliphatic carbocycles. The molecule has 31 heavy (non-hydrogen) atoms. The molecule has 1 unspecified atom stereocenters. The third kappa shape index (κ3) is 3.31. The van der Waals surface area contributed by atoms with E-state index in [1.165, 1.54) is 28.8 Å². The van der Waals surface area contributed by atoms with Gasteiger partial charge in [0.05, 0.1) is 7.11 Å². The van der Waals surface area contributed by atoms with Crippen LogP contribution < -0.4 is 9.64 Å². The molecule has 0 bridgehead atoms. The zero-order valence-electron chi connectivity index (χ0n) is 16.6. The van der Waals surface area contributed by atoms with Gasteiger partial charge < -0.3 is 4.74 Å². The molecule has 2 aliphatic rings. The van der Waals surface area contributed by atoms with Crippen molar-refractivity contribution in [2.75, 3.05) is 12.0 Å². The second-order valence-electron chi connectivity index (χ2n) is 7.25. The summed E-state index contributed by atoms with van der Waals surface area (Å²) in [5.74, 6) is -0.0261. The van der Waals surface area contributed by atoms with Crippen LogP contribution in [0.4, 0.5) is 14.9 Å². The van der Waals surface area contributed by atoms with Crippen LogP contribution in [-0.2, 0) is 11.3 Å². The molecule has 154 valence electrons. The Kier molecular flexibility index (Phi) is 4.82. The third-order valence-corrected chi connectivity index (χ3v) is 6.64. The zero-order chi connectivity index (χ0) is 21.5. The molecule has 0 N–H and O–H groups in total. The lowest BCUT2D eigenvalue weighted by molar-refractivity contribution is -0.444. The van der Waals surface area contributed by atoms with E-state index in [9.17, 15) is 14.0 Å². The van der Waals surface area contributed by atoms with Gasteiger partial charge in [-0.1, -0.05) is 24.3 Å². The van der Waals surface area contributed by atoms with Gasteiger partial charge in [-0.05, 0) is 54.1 Å². The standard InChI is InChI=1S/C24H18FN2O3S/c1-30-18-11-9-17(10-12-18)27-23(28)22-21(19-7-2-3-8-20(19)31-22)26(24(27)29)14-15-5-4-6-16(25)13-15/h2-13,22H,14H2,1H3/q+1. The maximum atomic E-state index is 13.8. The highest BCUT2D eigenvalue weighted by atomic mass is 32.2. The number of thioether (sulfide) groups is 1. The van der Waals surface area contributed by atoms with E-state index in [-0.39, 0.29) is 18.3 Å². The Labute approximate surface area is 182 Å². The number of rotatable bonds is 4. The number of carbonyl (C=O) groups is 2. The quantitative estimate of drug-likeness (QED) is 0.570. The Balaban J connectivity index is 1.65. The van der Waals surface area contributed by atoms with Crippen molar-refractivity contribution >= 4 is 35.1 Å². The molecular weight excluding hydrogens is 415 g/mol. The first-order valence-corrected chi connectivity index (χ1v) is 10.6. The summed E-state index contributed by atoms with van der Waals surface area (Å²) in [6, 6.07) is 20.2. The van der Waals surface area contributed by atoms with Gasteiger partial charge in [-0.25, -0.2) is 9.18 Å². The highest BCUT2D eigenvalue weighted by molar-refractivity contribution is 8.02. The molecule has 0 radical (unpaired) electrons.